The maximum absolute atomic E-state index is 14.3. The first-order valence-electron chi connectivity index (χ1n) is 8.54. The molecule has 0 radical (unpaired) electrons. The predicted octanol–water partition coefficient (Wildman–Crippen LogP) is 6.12. The van der Waals surface area contributed by atoms with Crippen LogP contribution in [0.25, 0.3) is 10.9 Å². The van der Waals surface area contributed by atoms with Crippen LogP contribution in [0.3, 0.4) is 0 Å². The summed E-state index contributed by atoms with van der Waals surface area (Å²) < 4.78 is 27.6. The summed E-state index contributed by atoms with van der Waals surface area (Å²) in [6, 6.07) is 11.7. The van der Waals surface area contributed by atoms with E-state index in [0.717, 1.165) is 11.6 Å². The lowest BCUT2D eigenvalue weighted by Gasteiger charge is -2.24. The minimum Gasteiger partial charge on any atom is -0.505 e. The number of phenolic OH excluding ortho intramolecular Hbond substituents is 1. The van der Waals surface area contributed by atoms with E-state index in [1.165, 1.54) is 0 Å². The lowest BCUT2D eigenvalue weighted by atomic mass is 9.96. The molecule has 2 heterocycles. The Bertz CT molecular complexity index is 1200. The van der Waals surface area contributed by atoms with Crippen LogP contribution >= 0.6 is 23.2 Å². The molecule has 146 valence electrons. The molecule has 2 aromatic carbocycles. The number of nitrogens with zero attached hydrogens (tertiary/aromatic N) is 2. The van der Waals surface area contributed by atoms with Crippen molar-refractivity contribution in [3.8, 4) is 5.75 Å². The predicted molar refractivity (Wildman–Crippen MR) is 109 cm³/mol. The van der Waals surface area contributed by atoms with Crippen LogP contribution in [0.15, 0.2) is 60.9 Å². The second-order valence-corrected chi connectivity index (χ2v) is 7.09. The van der Waals surface area contributed by atoms with Crippen LogP contribution in [-0.2, 0) is 0 Å². The highest BCUT2D eigenvalue weighted by atomic mass is 35.5. The third-order valence-electron chi connectivity index (χ3n) is 4.47. The third-order valence-corrected chi connectivity index (χ3v) is 5.13. The van der Waals surface area contributed by atoms with Crippen molar-refractivity contribution < 1.29 is 13.9 Å². The highest BCUT2D eigenvalue weighted by Gasteiger charge is 2.25. The second-order valence-electron chi connectivity index (χ2n) is 6.28. The van der Waals surface area contributed by atoms with Crippen LogP contribution in [0, 0.1) is 11.6 Å². The number of hydrogen-bond acceptors (Lipinski definition) is 4. The average molecular weight is 432 g/mol. The first-order chi connectivity index (χ1) is 14.0. The van der Waals surface area contributed by atoms with E-state index in [1.54, 1.807) is 48.7 Å². The number of anilines is 1. The van der Waals surface area contributed by atoms with E-state index < -0.39 is 17.7 Å². The number of fused-ring (bicyclic) bond motifs is 1. The Balaban J connectivity index is 1.92. The zero-order chi connectivity index (χ0) is 20.5. The van der Waals surface area contributed by atoms with E-state index >= 15 is 0 Å². The molecule has 8 heteroatoms. The van der Waals surface area contributed by atoms with E-state index in [9.17, 15) is 13.9 Å². The molecule has 0 saturated heterocycles. The molecule has 0 fully saturated rings. The molecule has 1 atom stereocenters. The third kappa shape index (κ3) is 3.69. The van der Waals surface area contributed by atoms with Gasteiger partial charge in [0.15, 0.2) is 11.6 Å². The van der Waals surface area contributed by atoms with Crippen LogP contribution in [0.4, 0.5) is 14.6 Å². The molecule has 0 amide bonds. The molecule has 2 N–H and O–H groups in total. The minimum absolute atomic E-state index is 0.112. The number of pyridine rings is 2. The van der Waals surface area contributed by atoms with Gasteiger partial charge in [0.05, 0.1) is 12.2 Å². The molecule has 0 aliphatic carbocycles. The van der Waals surface area contributed by atoms with Crippen molar-refractivity contribution in [2.45, 2.75) is 6.04 Å². The summed E-state index contributed by atoms with van der Waals surface area (Å²) in [6.07, 6.45) is 2.44. The monoisotopic (exact) mass is 431 g/mol. The van der Waals surface area contributed by atoms with Crippen LogP contribution in [-0.4, -0.2) is 15.1 Å². The minimum atomic E-state index is -0.892. The zero-order valence-electron chi connectivity index (χ0n) is 14.7. The smallest absolute Gasteiger partial charge is 0.168 e. The van der Waals surface area contributed by atoms with Gasteiger partial charge in [-0.15, -0.1) is 0 Å². The Hall–Kier alpha value is -2.96. The van der Waals surface area contributed by atoms with Gasteiger partial charge in [0.25, 0.3) is 0 Å². The molecular weight excluding hydrogens is 419 g/mol. The van der Waals surface area contributed by atoms with Gasteiger partial charge in [0.1, 0.15) is 17.1 Å². The number of halogens is 4. The van der Waals surface area contributed by atoms with Crippen LogP contribution < -0.4 is 5.32 Å². The molecule has 29 heavy (non-hydrogen) atoms. The second kappa shape index (κ2) is 7.81. The van der Waals surface area contributed by atoms with E-state index in [0.29, 0.717) is 32.8 Å². The fraction of sp³-hybridized carbons (Fsp3) is 0.0476. The van der Waals surface area contributed by atoms with Crippen molar-refractivity contribution in [1.82, 2.24) is 9.97 Å². The quantitative estimate of drug-likeness (QED) is 0.408. The molecule has 0 aliphatic heterocycles. The van der Waals surface area contributed by atoms with E-state index in [2.05, 4.69) is 15.3 Å². The van der Waals surface area contributed by atoms with Crippen molar-refractivity contribution in [2.24, 2.45) is 0 Å². The number of benzene rings is 2. The molecule has 4 aromatic rings. The summed E-state index contributed by atoms with van der Waals surface area (Å²) >= 11 is 12.8. The maximum atomic E-state index is 14.3. The van der Waals surface area contributed by atoms with Crippen LogP contribution in [0.2, 0.25) is 10.0 Å². The van der Waals surface area contributed by atoms with Gasteiger partial charge in [-0.2, -0.15) is 0 Å². The lowest BCUT2D eigenvalue weighted by molar-refractivity contribution is 0.471. The van der Waals surface area contributed by atoms with Crippen molar-refractivity contribution >= 4 is 39.9 Å². The number of rotatable bonds is 4. The number of phenols is 1. The summed E-state index contributed by atoms with van der Waals surface area (Å²) in [5.41, 5.74) is 1.14. The molecule has 4 nitrogen and oxygen atoms in total. The summed E-state index contributed by atoms with van der Waals surface area (Å²) in [4.78, 5) is 7.99. The number of aromatic hydroxyl groups is 1. The average Bonchev–Trinajstić information content (AvgIpc) is 2.69. The fourth-order valence-corrected chi connectivity index (χ4v) is 3.74. The van der Waals surface area contributed by atoms with Gasteiger partial charge in [-0.05, 0) is 18.2 Å². The lowest BCUT2D eigenvalue weighted by Crippen LogP contribution is -2.16. The standard InChI is InChI=1S/C21H13Cl2F2N3O/c22-14-4-1-5-15(23)17(14)19(28-21-16(25)9-12(24)10-27-21)13-7-6-11-3-2-8-26-18(11)20(13)29/h1-10,19,29H,(H,27,28). The molecule has 2 aromatic heterocycles. The summed E-state index contributed by atoms with van der Waals surface area (Å²) in [5, 5.41) is 15.1. The van der Waals surface area contributed by atoms with Gasteiger partial charge < -0.3 is 10.4 Å². The number of nitrogens with one attached hydrogen (secondary N) is 1. The molecule has 0 bridgehead atoms. The highest BCUT2D eigenvalue weighted by molar-refractivity contribution is 6.36. The van der Waals surface area contributed by atoms with Gasteiger partial charge in [-0.1, -0.05) is 47.5 Å². The van der Waals surface area contributed by atoms with Gasteiger partial charge >= 0.3 is 0 Å². The first kappa shape index (κ1) is 19.4. The number of hydrogen-bond donors (Lipinski definition) is 2. The Morgan fingerprint density at radius 3 is 2.45 bits per heavy atom. The summed E-state index contributed by atoms with van der Waals surface area (Å²) in [5.74, 6) is -2.03. The molecule has 0 saturated carbocycles. The Morgan fingerprint density at radius 1 is 0.966 bits per heavy atom. The molecule has 0 spiro atoms. The van der Waals surface area contributed by atoms with Crippen LogP contribution in [0.1, 0.15) is 17.2 Å². The first-order valence-corrected chi connectivity index (χ1v) is 9.29. The Labute approximate surface area is 174 Å². The van der Waals surface area contributed by atoms with Crippen LogP contribution in [0.5, 0.6) is 5.75 Å². The maximum Gasteiger partial charge on any atom is 0.168 e. The van der Waals surface area contributed by atoms with Gasteiger partial charge in [-0.25, -0.2) is 13.8 Å². The van der Waals surface area contributed by atoms with E-state index in [-0.39, 0.29) is 11.6 Å². The van der Waals surface area contributed by atoms with Crippen molar-refractivity contribution in [3.05, 3.63) is 93.7 Å². The van der Waals surface area contributed by atoms with Crippen molar-refractivity contribution in [1.29, 1.82) is 0 Å². The Morgan fingerprint density at radius 2 is 1.72 bits per heavy atom. The SMILES string of the molecule is Oc1c(C(Nc2ncc(F)cc2F)c2c(Cl)cccc2Cl)ccc2cccnc12. The van der Waals surface area contributed by atoms with Gasteiger partial charge in [-0.3, -0.25) is 4.98 Å². The van der Waals surface area contributed by atoms with E-state index in [4.69, 9.17) is 23.2 Å². The summed E-state index contributed by atoms with van der Waals surface area (Å²) in [6.45, 7) is 0. The normalized spacial score (nSPS) is 12.1. The molecule has 1 unspecified atom stereocenters. The van der Waals surface area contributed by atoms with Crippen molar-refractivity contribution in [2.75, 3.05) is 5.32 Å². The Kier molecular flexibility index (Phi) is 5.22. The highest BCUT2D eigenvalue weighted by Crippen LogP contribution is 2.41. The topological polar surface area (TPSA) is 58.0 Å². The fourth-order valence-electron chi connectivity index (χ4n) is 3.13. The molecule has 4 rings (SSSR count). The number of aromatic nitrogens is 2. The molecule has 0 aliphatic rings. The van der Waals surface area contributed by atoms with Crippen molar-refractivity contribution in [3.63, 3.8) is 0 Å². The molecular formula is C21H13Cl2F2N3O. The van der Waals surface area contributed by atoms with Gasteiger partial charge in [0, 0.05) is 38.8 Å². The van der Waals surface area contributed by atoms with E-state index in [1.807, 2.05) is 0 Å². The van der Waals surface area contributed by atoms with Gasteiger partial charge in [0.2, 0.25) is 0 Å². The summed E-state index contributed by atoms with van der Waals surface area (Å²) in [7, 11) is 0. The largest absolute Gasteiger partial charge is 0.505 e. The zero-order valence-corrected chi connectivity index (χ0v) is 16.2.